The average molecular weight is 292 g/mol. The normalized spacial score (nSPS) is 14.5. The molecule has 0 aromatic rings. The Kier molecular flexibility index (Phi) is 6.98. The number of rotatable bonds is 5. The van der Waals surface area contributed by atoms with Crippen LogP contribution in [-0.2, 0) is 0 Å². The number of halogens is 4. The Morgan fingerprint density at radius 2 is 0.950 bits per heavy atom. The van der Waals surface area contributed by atoms with Gasteiger partial charge in [0.05, 0.1) is 0 Å². The molecule has 2 nitrogen and oxygen atoms in total. The van der Waals surface area contributed by atoms with Gasteiger partial charge in [0.15, 0.2) is 0 Å². The van der Waals surface area contributed by atoms with Gasteiger partial charge in [0.25, 0.3) is 0 Å². The van der Waals surface area contributed by atoms with Gasteiger partial charge in [-0.2, -0.15) is 10.2 Å². The first-order valence-electron chi connectivity index (χ1n) is 6.54. The Morgan fingerprint density at radius 1 is 0.700 bits per heavy atom. The van der Waals surface area contributed by atoms with Gasteiger partial charge in [0.2, 0.25) is 0 Å². The minimum atomic E-state index is -2.53. The summed E-state index contributed by atoms with van der Waals surface area (Å²) in [6, 6.07) is 0. The zero-order valence-corrected chi connectivity index (χ0v) is 13.0. The highest BCUT2D eigenvalue weighted by atomic mass is 19.2. The lowest BCUT2D eigenvalue weighted by atomic mass is 9.77. The number of hydrogen-bond acceptors (Lipinski definition) is 2. The molecular weight excluding hydrogens is 270 g/mol. The van der Waals surface area contributed by atoms with Crippen molar-refractivity contribution in [1.29, 1.82) is 0 Å². The van der Waals surface area contributed by atoms with E-state index in [-0.39, 0.29) is 11.4 Å². The third-order valence-electron chi connectivity index (χ3n) is 2.72. The van der Waals surface area contributed by atoms with E-state index < -0.39 is 38.0 Å². The van der Waals surface area contributed by atoms with Crippen LogP contribution < -0.4 is 0 Å². The number of nitrogens with zero attached hydrogens (tertiary/aromatic N) is 2. The summed E-state index contributed by atoms with van der Waals surface area (Å²) < 4.78 is 50.1. The highest BCUT2D eigenvalue weighted by Crippen LogP contribution is 2.24. The zero-order chi connectivity index (χ0) is 16.1. The standard InChI is InChI=1S/C12H22B2F4N2/c1-11(2,3)9(7-13(15)16)19-20-10(8-14(17)18)12(4,5)6/h7-8H2,1-6H3/b19-9-,20-10-. The topological polar surface area (TPSA) is 24.7 Å². The lowest BCUT2D eigenvalue weighted by Crippen LogP contribution is -2.25. The Hall–Kier alpha value is -0.810. The molecule has 0 aliphatic heterocycles. The Morgan fingerprint density at radius 3 is 1.10 bits per heavy atom. The zero-order valence-electron chi connectivity index (χ0n) is 13.0. The molecule has 0 aromatic carbocycles. The third kappa shape index (κ3) is 7.70. The van der Waals surface area contributed by atoms with Crippen LogP contribution in [0, 0.1) is 10.8 Å². The van der Waals surface area contributed by atoms with Gasteiger partial charge in [0.1, 0.15) is 0 Å². The lowest BCUT2D eigenvalue weighted by molar-refractivity contribution is 0.569. The Bertz CT molecular complexity index is 333. The smallest absolute Gasteiger partial charge is 0.286 e. The molecule has 0 aliphatic rings. The summed E-state index contributed by atoms with van der Waals surface area (Å²) in [5, 5.41) is 7.69. The largest absolute Gasteiger partial charge is 0.543 e. The van der Waals surface area contributed by atoms with Gasteiger partial charge in [-0.05, 0) is 0 Å². The van der Waals surface area contributed by atoms with Crippen LogP contribution in [0.2, 0.25) is 12.6 Å². The van der Waals surface area contributed by atoms with Crippen LogP contribution >= 0.6 is 0 Å². The molecular formula is C12H22B2F4N2. The van der Waals surface area contributed by atoms with Gasteiger partial charge in [-0.1, -0.05) is 41.5 Å². The molecule has 0 radical (unpaired) electrons. The van der Waals surface area contributed by atoms with Crippen molar-refractivity contribution in [3.63, 3.8) is 0 Å². The fourth-order valence-corrected chi connectivity index (χ4v) is 1.41. The fraction of sp³-hybridized carbons (Fsp3) is 0.833. The predicted octanol–water partition coefficient (Wildman–Crippen LogP) is 4.73. The molecule has 0 amide bonds. The van der Waals surface area contributed by atoms with Gasteiger partial charge >= 0.3 is 14.5 Å². The molecule has 20 heavy (non-hydrogen) atoms. The van der Waals surface area contributed by atoms with E-state index in [9.17, 15) is 17.3 Å². The summed E-state index contributed by atoms with van der Waals surface area (Å²) in [4.78, 5) is 0. The van der Waals surface area contributed by atoms with Crippen molar-refractivity contribution in [2.24, 2.45) is 21.0 Å². The van der Waals surface area contributed by atoms with Crippen LogP contribution in [0.4, 0.5) is 17.3 Å². The molecule has 0 atom stereocenters. The molecule has 114 valence electrons. The van der Waals surface area contributed by atoms with Gasteiger partial charge in [-0.15, -0.1) is 0 Å². The maximum absolute atomic E-state index is 12.5. The summed E-state index contributed by atoms with van der Waals surface area (Å²) >= 11 is 0. The maximum atomic E-state index is 12.5. The quantitative estimate of drug-likeness (QED) is 0.303. The summed E-state index contributed by atoms with van der Waals surface area (Å²) in [5.41, 5.74) is -0.728. The molecule has 0 unspecified atom stereocenters. The van der Waals surface area contributed by atoms with Gasteiger partial charge in [-0.3, -0.25) is 17.3 Å². The molecule has 0 aliphatic carbocycles. The van der Waals surface area contributed by atoms with Crippen molar-refractivity contribution < 1.29 is 17.3 Å². The SMILES string of the molecule is CC(C)(C)/C(CB(F)F)=N\N=C(\CB(F)F)C(C)(C)C. The Balaban J connectivity index is 5.42. The van der Waals surface area contributed by atoms with E-state index in [0.29, 0.717) is 0 Å². The van der Waals surface area contributed by atoms with Crippen molar-refractivity contribution >= 4 is 26.0 Å². The van der Waals surface area contributed by atoms with Crippen molar-refractivity contribution in [2.45, 2.75) is 54.2 Å². The van der Waals surface area contributed by atoms with Crippen LogP contribution in [0.3, 0.4) is 0 Å². The first kappa shape index (κ1) is 19.2. The van der Waals surface area contributed by atoms with Gasteiger partial charge < -0.3 is 0 Å². The second-order valence-electron chi connectivity index (χ2n) is 6.78. The molecule has 0 spiro atoms. The molecule has 0 N–H and O–H groups in total. The van der Waals surface area contributed by atoms with E-state index in [4.69, 9.17) is 0 Å². The molecule has 0 saturated carbocycles. The maximum Gasteiger partial charge on any atom is 0.543 e. The van der Waals surface area contributed by atoms with Crippen LogP contribution in [0.1, 0.15) is 41.5 Å². The van der Waals surface area contributed by atoms with Crippen molar-refractivity contribution in [1.82, 2.24) is 0 Å². The summed E-state index contributed by atoms with van der Waals surface area (Å²) in [7, 11) is -5.06. The van der Waals surface area contributed by atoms with Gasteiger partial charge in [-0.25, -0.2) is 0 Å². The molecule has 0 bridgehead atoms. The third-order valence-corrected chi connectivity index (χ3v) is 2.72. The summed E-state index contributed by atoms with van der Waals surface area (Å²) in [6.07, 6.45) is -1.00. The first-order chi connectivity index (χ1) is 8.84. The fourth-order valence-electron chi connectivity index (χ4n) is 1.41. The van der Waals surface area contributed by atoms with Crippen molar-refractivity contribution in [2.75, 3.05) is 0 Å². The van der Waals surface area contributed by atoms with Crippen LogP contribution in [0.15, 0.2) is 10.2 Å². The Labute approximate surface area is 119 Å². The minimum absolute atomic E-state index is 0.212. The lowest BCUT2D eigenvalue weighted by Gasteiger charge is -2.22. The van der Waals surface area contributed by atoms with E-state index in [1.165, 1.54) is 0 Å². The van der Waals surface area contributed by atoms with Crippen LogP contribution in [0.25, 0.3) is 0 Å². The monoisotopic (exact) mass is 292 g/mol. The van der Waals surface area contributed by atoms with Crippen LogP contribution in [-0.4, -0.2) is 26.0 Å². The van der Waals surface area contributed by atoms with Crippen molar-refractivity contribution in [3.05, 3.63) is 0 Å². The van der Waals surface area contributed by atoms with E-state index in [1.807, 2.05) is 0 Å². The van der Waals surface area contributed by atoms with E-state index in [2.05, 4.69) is 10.2 Å². The second kappa shape index (κ2) is 7.27. The summed E-state index contributed by atoms with van der Waals surface area (Å²) in [5.74, 6) is 0. The molecule has 0 saturated heterocycles. The number of hydrogen-bond donors (Lipinski definition) is 0. The molecule has 0 fully saturated rings. The molecule has 0 aromatic heterocycles. The summed E-state index contributed by atoms with van der Waals surface area (Å²) in [6.45, 7) is 10.5. The highest BCUT2D eigenvalue weighted by Gasteiger charge is 2.28. The first-order valence-corrected chi connectivity index (χ1v) is 6.54. The second-order valence-corrected chi connectivity index (χ2v) is 6.78. The van der Waals surface area contributed by atoms with E-state index in [1.54, 1.807) is 41.5 Å². The highest BCUT2D eigenvalue weighted by molar-refractivity contribution is 6.49. The minimum Gasteiger partial charge on any atom is -0.286 e. The van der Waals surface area contributed by atoms with Gasteiger partial charge in [0, 0.05) is 34.9 Å². The molecule has 0 rings (SSSR count). The van der Waals surface area contributed by atoms with Crippen LogP contribution in [0.5, 0.6) is 0 Å². The van der Waals surface area contributed by atoms with E-state index in [0.717, 1.165) is 0 Å². The molecule has 0 heterocycles. The van der Waals surface area contributed by atoms with E-state index >= 15 is 0 Å². The molecule has 8 heteroatoms. The predicted molar refractivity (Wildman–Crippen MR) is 79.3 cm³/mol. The average Bonchev–Trinajstić information content (AvgIpc) is 2.17. The van der Waals surface area contributed by atoms with Crippen molar-refractivity contribution in [3.8, 4) is 0 Å².